The summed E-state index contributed by atoms with van der Waals surface area (Å²) in [5.74, 6) is 0. The normalized spacial score (nSPS) is 11.9. The fourth-order valence-electron chi connectivity index (χ4n) is 1.77. The van der Waals surface area contributed by atoms with Gasteiger partial charge in [-0.05, 0) is 35.8 Å². The van der Waals surface area contributed by atoms with Gasteiger partial charge >= 0.3 is 0 Å². The van der Waals surface area contributed by atoms with Gasteiger partial charge in [-0.15, -0.1) is 0 Å². The molecule has 0 saturated carbocycles. The average molecular weight is 322 g/mol. The van der Waals surface area contributed by atoms with Gasteiger partial charge < -0.3 is 0 Å². The van der Waals surface area contributed by atoms with Crippen molar-refractivity contribution in [1.82, 2.24) is 4.72 Å². The molecule has 0 bridgehead atoms. The third-order valence-corrected chi connectivity index (χ3v) is 4.22. The first-order valence-corrected chi connectivity index (χ1v) is 8.45. The third-order valence-electron chi connectivity index (χ3n) is 2.87. The van der Waals surface area contributed by atoms with Crippen LogP contribution in [0.3, 0.4) is 0 Å². The molecule has 0 heterocycles. The number of hydrogen-bond acceptors (Lipinski definition) is 2. The molecule has 0 saturated heterocycles. The Labute approximate surface area is 130 Å². The molecule has 0 aliphatic carbocycles. The van der Waals surface area contributed by atoms with Crippen molar-refractivity contribution in [2.45, 2.75) is 6.42 Å². The molecule has 2 aromatic rings. The highest BCUT2D eigenvalue weighted by Crippen LogP contribution is 2.11. The van der Waals surface area contributed by atoms with E-state index in [4.69, 9.17) is 11.6 Å². The van der Waals surface area contributed by atoms with Gasteiger partial charge in [0.1, 0.15) is 0 Å². The lowest BCUT2D eigenvalue weighted by Crippen LogP contribution is -2.23. The maximum absolute atomic E-state index is 11.8. The molecule has 0 amide bonds. The minimum Gasteiger partial charge on any atom is -0.211 e. The van der Waals surface area contributed by atoms with Crippen LogP contribution in [0.2, 0.25) is 5.02 Å². The summed E-state index contributed by atoms with van der Waals surface area (Å²) in [6.07, 6.45) is 2.20. The summed E-state index contributed by atoms with van der Waals surface area (Å²) in [6, 6.07) is 16.7. The van der Waals surface area contributed by atoms with Gasteiger partial charge in [0.05, 0.1) is 0 Å². The smallest absolute Gasteiger partial charge is 0.211 e. The van der Waals surface area contributed by atoms with Gasteiger partial charge in [-0.2, -0.15) is 0 Å². The van der Waals surface area contributed by atoms with Gasteiger partial charge in [-0.25, -0.2) is 13.1 Å². The number of rotatable bonds is 6. The second-order valence-electron chi connectivity index (χ2n) is 4.53. The zero-order chi connectivity index (χ0) is 15.1. The highest BCUT2D eigenvalue weighted by molar-refractivity contribution is 7.92. The van der Waals surface area contributed by atoms with E-state index in [1.165, 1.54) is 5.41 Å². The number of hydrogen-bond donors (Lipinski definition) is 1. The summed E-state index contributed by atoms with van der Waals surface area (Å²) in [7, 11) is -3.42. The number of sulfonamides is 1. The van der Waals surface area contributed by atoms with Gasteiger partial charge in [0.25, 0.3) is 0 Å². The Morgan fingerprint density at radius 2 is 1.67 bits per heavy atom. The van der Waals surface area contributed by atoms with Crippen molar-refractivity contribution in [1.29, 1.82) is 0 Å². The second-order valence-corrected chi connectivity index (χ2v) is 6.62. The van der Waals surface area contributed by atoms with Crippen LogP contribution in [0, 0.1) is 0 Å². The van der Waals surface area contributed by atoms with Crippen LogP contribution >= 0.6 is 11.6 Å². The van der Waals surface area contributed by atoms with Gasteiger partial charge in [0, 0.05) is 17.0 Å². The molecule has 0 aliphatic rings. The predicted octanol–water partition coefficient (Wildman–Crippen LogP) is 3.47. The molecular weight excluding hydrogens is 306 g/mol. The maximum Gasteiger partial charge on any atom is 0.233 e. The topological polar surface area (TPSA) is 46.2 Å². The third kappa shape index (κ3) is 5.71. The van der Waals surface area contributed by atoms with Gasteiger partial charge in [0.2, 0.25) is 10.0 Å². The molecule has 21 heavy (non-hydrogen) atoms. The van der Waals surface area contributed by atoms with Crippen molar-refractivity contribution in [3.8, 4) is 0 Å². The Balaban J connectivity index is 1.88. The molecule has 0 spiro atoms. The molecule has 0 aromatic heterocycles. The van der Waals surface area contributed by atoms with E-state index < -0.39 is 10.0 Å². The Kier molecular flexibility index (Phi) is 5.56. The van der Waals surface area contributed by atoms with E-state index in [-0.39, 0.29) is 0 Å². The summed E-state index contributed by atoms with van der Waals surface area (Å²) < 4.78 is 26.2. The molecule has 2 aromatic carbocycles. The molecule has 0 fully saturated rings. The van der Waals surface area contributed by atoms with E-state index in [2.05, 4.69) is 4.72 Å². The maximum atomic E-state index is 11.8. The lowest BCUT2D eigenvalue weighted by molar-refractivity contribution is 0.591. The van der Waals surface area contributed by atoms with E-state index in [1.54, 1.807) is 30.3 Å². The van der Waals surface area contributed by atoms with E-state index in [0.29, 0.717) is 18.0 Å². The molecule has 0 radical (unpaired) electrons. The molecule has 2 rings (SSSR count). The first-order valence-electron chi connectivity index (χ1n) is 6.52. The molecule has 5 heteroatoms. The van der Waals surface area contributed by atoms with Crippen molar-refractivity contribution in [3.05, 3.63) is 76.2 Å². The van der Waals surface area contributed by atoms with Crippen molar-refractivity contribution in [2.75, 3.05) is 6.54 Å². The van der Waals surface area contributed by atoms with Crippen LogP contribution in [0.1, 0.15) is 11.1 Å². The lowest BCUT2D eigenvalue weighted by Gasteiger charge is -2.03. The zero-order valence-electron chi connectivity index (χ0n) is 11.4. The van der Waals surface area contributed by atoms with Crippen LogP contribution in [0.25, 0.3) is 6.08 Å². The first kappa shape index (κ1) is 15.8. The number of benzene rings is 2. The Morgan fingerprint density at radius 1 is 1.00 bits per heavy atom. The zero-order valence-corrected chi connectivity index (χ0v) is 12.9. The van der Waals surface area contributed by atoms with Gasteiger partial charge in [0.15, 0.2) is 0 Å². The van der Waals surface area contributed by atoms with Crippen LogP contribution < -0.4 is 4.72 Å². The fourth-order valence-corrected chi connectivity index (χ4v) is 2.72. The molecule has 0 atom stereocenters. The fraction of sp³-hybridized carbons (Fsp3) is 0.125. The lowest BCUT2D eigenvalue weighted by atomic mass is 10.2. The average Bonchev–Trinajstić information content (AvgIpc) is 2.48. The largest absolute Gasteiger partial charge is 0.233 e. The minimum absolute atomic E-state index is 0.372. The van der Waals surface area contributed by atoms with Crippen LogP contribution in [-0.2, 0) is 16.4 Å². The minimum atomic E-state index is -3.42. The molecule has 0 aliphatic heterocycles. The summed E-state index contributed by atoms with van der Waals surface area (Å²) in [5, 5.41) is 1.79. The SMILES string of the molecule is O=S(=O)(/C=C/c1ccc(Cl)cc1)NCCc1ccccc1. The molecule has 0 unspecified atom stereocenters. The Morgan fingerprint density at radius 3 is 2.33 bits per heavy atom. The van der Waals surface area contributed by atoms with Crippen LogP contribution in [0.5, 0.6) is 0 Å². The summed E-state index contributed by atoms with van der Waals surface area (Å²) >= 11 is 5.77. The van der Waals surface area contributed by atoms with Crippen LogP contribution in [0.15, 0.2) is 60.0 Å². The highest BCUT2D eigenvalue weighted by Gasteiger charge is 2.04. The highest BCUT2D eigenvalue weighted by atomic mass is 35.5. The van der Waals surface area contributed by atoms with Crippen molar-refractivity contribution < 1.29 is 8.42 Å². The predicted molar refractivity (Wildman–Crippen MR) is 87.6 cm³/mol. The molecule has 110 valence electrons. The van der Waals surface area contributed by atoms with E-state index in [9.17, 15) is 8.42 Å². The summed E-state index contributed by atoms with van der Waals surface area (Å²) in [6.45, 7) is 0.372. The van der Waals surface area contributed by atoms with Gasteiger partial charge in [-0.3, -0.25) is 0 Å². The summed E-state index contributed by atoms with van der Waals surface area (Å²) in [5.41, 5.74) is 1.88. The Bertz CT molecular complexity index is 695. The number of nitrogens with one attached hydrogen (secondary N) is 1. The van der Waals surface area contributed by atoms with Crippen molar-refractivity contribution in [3.63, 3.8) is 0 Å². The van der Waals surface area contributed by atoms with Crippen molar-refractivity contribution in [2.24, 2.45) is 0 Å². The Hall–Kier alpha value is -1.62. The summed E-state index contributed by atoms with van der Waals surface area (Å²) in [4.78, 5) is 0. The number of halogens is 1. The van der Waals surface area contributed by atoms with E-state index >= 15 is 0 Å². The molecular formula is C16H16ClNO2S. The van der Waals surface area contributed by atoms with Crippen molar-refractivity contribution >= 4 is 27.7 Å². The van der Waals surface area contributed by atoms with Gasteiger partial charge in [-0.1, -0.05) is 54.1 Å². The van der Waals surface area contributed by atoms with E-state index in [0.717, 1.165) is 11.1 Å². The van der Waals surface area contributed by atoms with Crippen LogP contribution in [0.4, 0.5) is 0 Å². The first-order chi connectivity index (χ1) is 10.1. The monoisotopic (exact) mass is 321 g/mol. The second kappa shape index (κ2) is 7.41. The molecule has 1 N–H and O–H groups in total. The van der Waals surface area contributed by atoms with E-state index in [1.807, 2.05) is 30.3 Å². The van der Waals surface area contributed by atoms with Crippen LogP contribution in [-0.4, -0.2) is 15.0 Å². The standard InChI is InChI=1S/C16H16ClNO2S/c17-16-8-6-15(7-9-16)11-13-21(19,20)18-12-10-14-4-2-1-3-5-14/h1-9,11,13,18H,10,12H2/b13-11+. The molecule has 3 nitrogen and oxygen atoms in total. The quantitative estimate of drug-likeness (QED) is 0.885.